The first-order valence-corrected chi connectivity index (χ1v) is 5.72. The van der Waals surface area contributed by atoms with E-state index in [1.54, 1.807) is 0 Å². The van der Waals surface area contributed by atoms with E-state index in [9.17, 15) is 22.0 Å². The molecule has 2 aromatic rings. The van der Waals surface area contributed by atoms with Crippen LogP contribution in [0.5, 0.6) is 0 Å². The summed E-state index contributed by atoms with van der Waals surface area (Å²) in [5.41, 5.74) is 5.45. The van der Waals surface area contributed by atoms with E-state index in [1.165, 1.54) is 6.07 Å². The van der Waals surface area contributed by atoms with Crippen LogP contribution >= 0.6 is 0 Å². The highest BCUT2D eigenvalue weighted by molar-refractivity contribution is 5.27. The molecule has 1 nitrogen and oxygen atoms in total. The Morgan fingerprint density at radius 3 is 2.10 bits per heavy atom. The fraction of sp³-hybridized carbons (Fsp3) is 0.143. The molecule has 0 aromatic heterocycles. The van der Waals surface area contributed by atoms with Crippen molar-refractivity contribution in [3.63, 3.8) is 0 Å². The predicted molar refractivity (Wildman–Crippen MR) is 63.3 cm³/mol. The SMILES string of the molecule is NC(Cc1ccc(F)cc1F)c1cc(F)c(F)cc1F. The largest absolute Gasteiger partial charge is 0.324 e. The van der Waals surface area contributed by atoms with Crippen molar-refractivity contribution in [1.29, 1.82) is 0 Å². The van der Waals surface area contributed by atoms with Crippen LogP contribution in [0.15, 0.2) is 30.3 Å². The quantitative estimate of drug-likeness (QED) is 0.677. The monoisotopic (exact) mass is 287 g/mol. The molecule has 0 heterocycles. The Morgan fingerprint density at radius 1 is 0.800 bits per heavy atom. The van der Waals surface area contributed by atoms with E-state index in [1.807, 2.05) is 0 Å². The topological polar surface area (TPSA) is 26.0 Å². The molecular weight excluding hydrogens is 277 g/mol. The summed E-state index contributed by atoms with van der Waals surface area (Å²) in [7, 11) is 0. The highest BCUT2D eigenvalue weighted by atomic mass is 19.2. The summed E-state index contributed by atoms with van der Waals surface area (Å²) in [6, 6.07) is 2.81. The van der Waals surface area contributed by atoms with Crippen LogP contribution in [0.25, 0.3) is 0 Å². The summed E-state index contributed by atoms with van der Waals surface area (Å²) < 4.78 is 65.6. The maximum Gasteiger partial charge on any atom is 0.161 e. The van der Waals surface area contributed by atoms with E-state index in [4.69, 9.17) is 5.73 Å². The smallest absolute Gasteiger partial charge is 0.161 e. The van der Waals surface area contributed by atoms with E-state index in [-0.39, 0.29) is 17.5 Å². The van der Waals surface area contributed by atoms with Crippen LogP contribution < -0.4 is 5.73 Å². The normalized spacial score (nSPS) is 12.5. The second-order valence-electron chi connectivity index (χ2n) is 4.33. The third-order valence-electron chi connectivity index (χ3n) is 2.89. The Hall–Kier alpha value is -1.95. The van der Waals surface area contributed by atoms with Crippen molar-refractivity contribution in [3.05, 3.63) is 70.5 Å². The van der Waals surface area contributed by atoms with Gasteiger partial charge in [0.15, 0.2) is 11.6 Å². The van der Waals surface area contributed by atoms with Crippen LogP contribution in [-0.4, -0.2) is 0 Å². The standard InChI is InChI=1S/C14H10F5N/c15-8-2-1-7(10(16)4-8)3-14(20)9-5-12(18)13(19)6-11(9)17/h1-2,4-6,14H,3,20H2. The molecule has 0 amide bonds. The molecule has 0 saturated heterocycles. The molecule has 1 atom stereocenters. The second-order valence-corrected chi connectivity index (χ2v) is 4.33. The lowest BCUT2D eigenvalue weighted by Crippen LogP contribution is -2.16. The molecule has 1 unspecified atom stereocenters. The number of hydrogen-bond acceptors (Lipinski definition) is 1. The van der Waals surface area contributed by atoms with E-state index in [2.05, 4.69) is 0 Å². The first-order valence-electron chi connectivity index (χ1n) is 5.72. The van der Waals surface area contributed by atoms with Crippen molar-refractivity contribution in [3.8, 4) is 0 Å². The Bertz CT molecular complexity index is 642. The molecule has 0 bridgehead atoms. The van der Waals surface area contributed by atoms with E-state index in [0.29, 0.717) is 18.2 Å². The molecule has 2 aromatic carbocycles. The highest BCUT2D eigenvalue weighted by Gasteiger charge is 2.17. The van der Waals surface area contributed by atoms with Gasteiger partial charge in [0.05, 0.1) is 0 Å². The highest BCUT2D eigenvalue weighted by Crippen LogP contribution is 2.23. The number of nitrogens with two attached hydrogens (primary N) is 1. The summed E-state index contributed by atoms with van der Waals surface area (Å²) in [4.78, 5) is 0. The van der Waals surface area contributed by atoms with Crippen molar-refractivity contribution in [2.75, 3.05) is 0 Å². The Morgan fingerprint density at radius 2 is 1.45 bits per heavy atom. The van der Waals surface area contributed by atoms with Crippen molar-refractivity contribution in [2.45, 2.75) is 12.5 Å². The van der Waals surface area contributed by atoms with Crippen molar-refractivity contribution in [1.82, 2.24) is 0 Å². The predicted octanol–water partition coefficient (Wildman–Crippen LogP) is 3.62. The molecule has 0 aliphatic carbocycles. The van der Waals surface area contributed by atoms with E-state index in [0.717, 1.165) is 6.07 Å². The zero-order valence-electron chi connectivity index (χ0n) is 10.1. The number of rotatable bonds is 3. The summed E-state index contributed by atoms with van der Waals surface area (Å²) in [5, 5.41) is 0. The second kappa shape index (κ2) is 5.58. The Kier molecular flexibility index (Phi) is 4.04. The fourth-order valence-corrected chi connectivity index (χ4v) is 1.86. The van der Waals surface area contributed by atoms with Gasteiger partial charge < -0.3 is 5.73 Å². The molecule has 0 radical (unpaired) electrons. The lowest BCUT2D eigenvalue weighted by atomic mass is 9.98. The summed E-state index contributed by atoms with van der Waals surface area (Å²) in [6.07, 6.45) is -0.173. The van der Waals surface area contributed by atoms with Gasteiger partial charge in [-0.1, -0.05) is 6.07 Å². The maximum atomic E-state index is 13.5. The Labute approximate surface area is 111 Å². The lowest BCUT2D eigenvalue weighted by molar-refractivity contribution is 0.482. The zero-order valence-corrected chi connectivity index (χ0v) is 10.1. The van der Waals surface area contributed by atoms with Gasteiger partial charge in [-0.05, 0) is 24.1 Å². The van der Waals surface area contributed by atoms with Gasteiger partial charge in [0.2, 0.25) is 0 Å². The molecule has 2 N–H and O–H groups in total. The zero-order chi connectivity index (χ0) is 14.9. The molecular formula is C14H10F5N. The average Bonchev–Trinajstić information content (AvgIpc) is 2.37. The van der Waals surface area contributed by atoms with Crippen LogP contribution in [0.3, 0.4) is 0 Å². The van der Waals surface area contributed by atoms with Crippen molar-refractivity contribution in [2.24, 2.45) is 5.73 Å². The minimum absolute atomic E-state index is 0.0584. The van der Waals surface area contributed by atoms with E-state index < -0.39 is 35.1 Å². The molecule has 2 rings (SSSR count). The minimum Gasteiger partial charge on any atom is -0.324 e. The first-order chi connectivity index (χ1) is 9.38. The van der Waals surface area contributed by atoms with Gasteiger partial charge in [0, 0.05) is 23.7 Å². The lowest BCUT2D eigenvalue weighted by Gasteiger charge is -2.14. The number of benzene rings is 2. The summed E-state index contributed by atoms with van der Waals surface area (Å²) in [6.45, 7) is 0. The van der Waals surface area contributed by atoms with Gasteiger partial charge >= 0.3 is 0 Å². The van der Waals surface area contributed by atoms with E-state index >= 15 is 0 Å². The van der Waals surface area contributed by atoms with Crippen LogP contribution in [0.4, 0.5) is 22.0 Å². The molecule has 20 heavy (non-hydrogen) atoms. The molecule has 0 aliphatic heterocycles. The average molecular weight is 287 g/mol. The van der Waals surface area contributed by atoms with Gasteiger partial charge in [0.1, 0.15) is 17.5 Å². The molecule has 0 aliphatic rings. The van der Waals surface area contributed by atoms with Gasteiger partial charge in [-0.3, -0.25) is 0 Å². The molecule has 0 saturated carbocycles. The van der Waals surface area contributed by atoms with Gasteiger partial charge in [0.25, 0.3) is 0 Å². The molecule has 106 valence electrons. The molecule has 0 spiro atoms. The van der Waals surface area contributed by atoms with Crippen molar-refractivity contribution >= 4 is 0 Å². The third kappa shape index (κ3) is 2.96. The van der Waals surface area contributed by atoms with Crippen LogP contribution in [0, 0.1) is 29.1 Å². The molecule has 0 fully saturated rings. The third-order valence-corrected chi connectivity index (χ3v) is 2.89. The minimum atomic E-state index is -1.33. The van der Waals surface area contributed by atoms with Crippen LogP contribution in [0.2, 0.25) is 0 Å². The summed E-state index contributed by atoms with van der Waals surface area (Å²) in [5.74, 6) is -5.16. The first kappa shape index (κ1) is 14.5. The molecule has 6 heteroatoms. The fourth-order valence-electron chi connectivity index (χ4n) is 1.86. The van der Waals surface area contributed by atoms with Gasteiger partial charge in [-0.25, -0.2) is 22.0 Å². The number of halogens is 5. The Balaban J connectivity index is 2.28. The number of hydrogen-bond donors (Lipinski definition) is 1. The van der Waals surface area contributed by atoms with Crippen LogP contribution in [0.1, 0.15) is 17.2 Å². The van der Waals surface area contributed by atoms with Crippen molar-refractivity contribution < 1.29 is 22.0 Å². The van der Waals surface area contributed by atoms with Gasteiger partial charge in [-0.15, -0.1) is 0 Å². The van der Waals surface area contributed by atoms with Gasteiger partial charge in [-0.2, -0.15) is 0 Å². The maximum absolute atomic E-state index is 13.5. The van der Waals surface area contributed by atoms with Crippen LogP contribution in [-0.2, 0) is 6.42 Å². The summed E-state index contributed by atoms with van der Waals surface area (Å²) >= 11 is 0.